The summed E-state index contributed by atoms with van der Waals surface area (Å²) in [5, 5.41) is 0. The molecule has 0 unspecified atom stereocenters. The Kier molecular flexibility index (Phi) is 6.90. The average Bonchev–Trinajstić information content (AvgIpc) is 2.16. The second-order valence-electron chi connectivity index (χ2n) is 3.33. The van der Waals surface area contributed by atoms with E-state index in [2.05, 4.69) is 0 Å². The number of carbonyl (C=O) groups excluding carboxylic acids is 2. The van der Waals surface area contributed by atoms with Crippen LogP contribution in [0.4, 0.5) is 0 Å². The minimum Gasteiger partial charge on any atom is -0.462 e. The summed E-state index contributed by atoms with van der Waals surface area (Å²) in [7, 11) is 0. The summed E-state index contributed by atoms with van der Waals surface area (Å²) in [5.41, 5.74) is 4.63. The van der Waals surface area contributed by atoms with Gasteiger partial charge < -0.3 is 10.5 Å². The average molecular weight is 303 g/mol. The van der Waals surface area contributed by atoms with Gasteiger partial charge >= 0.3 is 5.97 Å². The van der Waals surface area contributed by atoms with Crippen molar-refractivity contribution in [3.8, 4) is 0 Å². The van der Waals surface area contributed by atoms with E-state index in [0.717, 1.165) is 13.3 Å². The van der Waals surface area contributed by atoms with Crippen LogP contribution in [0.25, 0.3) is 0 Å². The van der Waals surface area contributed by atoms with Gasteiger partial charge in [-0.3, -0.25) is 4.79 Å². The summed E-state index contributed by atoms with van der Waals surface area (Å²) < 4.78 is 2.84. The zero-order valence-electron chi connectivity index (χ0n) is 9.56. The van der Waals surface area contributed by atoms with Crippen LogP contribution in [-0.2, 0) is 14.3 Å². The van der Waals surface area contributed by atoms with Crippen molar-refractivity contribution in [1.82, 2.24) is 0 Å². The molecule has 98 valence electrons. The van der Waals surface area contributed by atoms with Gasteiger partial charge in [0.15, 0.2) is 5.78 Å². The van der Waals surface area contributed by atoms with Gasteiger partial charge in [0.2, 0.25) is 3.79 Å². The number of halogens is 3. The molecule has 17 heavy (non-hydrogen) atoms. The molecule has 0 aliphatic rings. The highest BCUT2D eigenvalue weighted by Gasteiger charge is 2.32. The molecular formula is C10H14Cl3NO3. The van der Waals surface area contributed by atoms with E-state index in [1.807, 2.05) is 6.92 Å². The van der Waals surface area contributed by atoms with Crippen molar-refractivity contribution < 1.29 is 14.3 Å². The summed E-state index contributed by atoms with van der Waals surface area (Å²) in [6.07, 6.45) is 1.54. The Balaban J connectivity index is 5.00. The van der Waals surface area contributed by atoms with Gasteiger partial charge in [0.1, 0.15) is 5.57 Å². The van der Waals surface area contributed by atoms with Gasteiger partial charge in [0, 0.05) is 0 Å². The van der Waals surface area contributed by atoms with Gasteiger partial charge in [-0.2, -0.15) is 0 Å². The van der Waals surface area contributed by atoms with E-state index in [0.29, 0.717) is 6.42 Å². The molecule has 0 fully saturated rings. The predicted octanol–water partition coefficient (Wildman–Crippen LogP) is 2.50. The molecular weight excluding hydrogens is 288 g/mol. The van der Waals surface area contributed by atoms with Crippen molar-refractivity contribution in [2.24, 2.45) is 5.73 Å². The van der Waals surface area contributed by atoms with Gasteiger partial charge in [-0.25, -0.2) is 4.79 Å². The first kappa shape index (κ1) is 16.6. The smallest absolute Gasteiger partial charge is 0.343 e. The molecule has 0 rings (SSSR count). The van der Waals surface area contributed by atoms with Crippen molar-refractivity contribution >= 4 is 46.6 Å². The second kappa shape index (κ2) is 7.09. The number of carbonyl (C=O) groups is 2. The summed E-state index contributed by atoms with van der Waals surface area (Å²) in [6.45, 7) is 3.28. The van der Waals surface area contributed by atoms with E-state index in [-0.39, 0.29) is 6.61 Å². The number of esters is 1. The monoisotopic (exact) mass is 301 g/mol. The third-order valence-corrected chi connectivity index (χ3v) is 2.47. The number of nitrogens with two attached hydrogens (primary N) is 1. The maximum Gasteiger partial charge on any atom is 0.343 e. The highest BCUT2D eigenvalue weighted by atomic mass is 35.6. The lowest BCUT2D eigenvalue weighted by atomic mass is 10.1. The molecule has 0 saturated carbocycles. The highest BCUT2D eigenvalue weighted by Crippen LogP contribution is 2.33. The maximum absolute atomic E-state index is 11.6. The second-order valence-corrected chi connectivity index (χ2v) is 5.61. The van der Waals surface area contributed by atoms with Gasteiger partial charge in [-0.1, -0.05) is 48.1 Å². The van der Waals surface area contributed by atoms with E-state index in [1.54, 1.807) is 0 Å². The topological polar surface area (TPSA) is 69.4 Å². The number of unbranched alkanes of at least 4 members (excludes halogenated alkanes) is 1. The van der Waals surface area contributed by atoms with Gasteiger partial charge in [0.25, 0.3) is 0 Å². The van der Waals surface area contributed by atoms with Crippen molar-refractivity contribution in [2.45, 2.75) is 30.5 Å². The molecule has 0 radical (unpaired) electrons. The van der Waals surface area contributed by atoms with Crippen LogP contribution in [0.5, 0.6) is 0 Å². The molecule has 4 nitrogen and oxygen atoms in total. The van der Waals surface area contributed by atoms with E-state index < -0.39 is 26.8 Å². The Morgan fingerprint density at radius 2 is 1.82 bits per heavy atom. The normalized spacial score (nSPS) is 13.0. The Labute approximate surface area is 115 Å². The molecule has 0 bridgehead atoms. The molecule has 0 saturated heterocycles. The standard InChI is InChI=1S/C10H14Cl3NO3/c1-3-4-5-17-9(16)7(6(2)15)8(14)10(11,12)13/h3-5,14H2,1-2H3/b8-7-. The molecule has 7 heteroatoms. The third-order valence-electron chi connectivity index (χ3n) is 1.86. The van der Waals surface area contributed by atoms with Gasteiger partial charge in [-0.15, -0.1) is 0 Å². The zero-order valence-corrected chi connectivity index (χ0v) is 11.8. The fourth-order valence-electron chi connectivity index (χ4n) is 0.966. The molecule has 0 spiro atoms. The number of alkyl halides is 3. The molecule has 0 aromatic carbocycles. The fraction of sp³-hybridized carbons (Fsp3) is 0.600. The minimum atomic E-state index is -2.01. The Hall–Kier alpha value is -0.450. The largest absolute Gasteiger partial charge is 0.462 e. The van der Waals surface area contributed by atoms with Crippen LogP contribution in [0.2, 0.25) is 0 Å². The lowest BCUT2D eigenvalue weighted by Gasteiger charge is -2.15. The quantitative estimate of drug-likeness (QED) is 0.211. The number of Topliss-reactive ketones (excluding diaryl/α,β-unsaturated/α-hetero) is 1. The molecule has 2 N–H and O–H groups in total. The van der Waals surface area contributed by atoms with Crippen LogP contribution in [0.15, 0.2) is 11.3 Å². The van der Waals surface area contributed by atoms with Crippen molar-refractivity contribution in [2.75, 3.05) is 6.61 Å². The highest BCUT2D eigenvalue weighted by molar-refractivity contribution is 6.69. The molecule has 0 aliphatic carbocycles. The van der Waals surface area contributed by atoms with Crippen molar-refractivity contribution in [1.29, 1.82) is 0 Å². The number of hydrogen-bond acceptors (Lipinski definition) is 4. The fourth-order valence-corrected chi connectivity index (χ4v) is 1.25. The van der Waals surface area contributed by atoms with Crippen LogP contribution in [-0.4, -0.2) is 22.2 Å². The van der Waals surface area contributed by atoms with E-state index in [1.165, 1.54) is 0 Å². The molecule has 0 amide bonds. The molecule has 0 aromatic heterocycles. The van der Waals surface area contributed by atoms with Crippen LogP contribution in [0, 0.1) is 0 Å². The summed E-state index contributed by atoms with van der Waals surface area (Å²) in [4.78, 5) is 22.9. The summed E-state index contributed by atoms with van der Waals surface area (Å²) in [6, 6.07) is 0. The lowest BCUT2D eigenvalue weighted by molar-refractivity contribution is -0.140. The number of allylic oxidation sites excluding steroid dienone is 1. The van der Waals surface area contributed by atoms with E-state index >= 15 is 0 Å². The molecule has 0 heterocycles. The molecule has 0 aliphatic heterocycles. The van der Waals surface area contributed by atoms with Crippen LogP contribution in [0.3, 0.4) is 0 Å². The lowest BCUT2D eigenvalue weighted by Crippen LogP contribution is -2.26. The van der Waals surface area contributed by atoms with Gasteiger partial charge in [0.05, 0.1) is 12.3 Å². The van der Waals surface area contributed by atoms with Crippen LogP contribution < -0.4 is 5.73 Å². The maximum atomic E-state index is 11.6. The van der Waals surface area contributed by atoms with Crippen LogP contribution in [0.1, 0.15) is 26.7 Å². The number of hydrogen-bond donors (Lipinski definition) is 1. The minimum absolute atomic E-state index is 0.194. The van der Waals surface area contributed by atoms with Crippen molar-refractivity contribution in [3.05, 3.63) is 11.3 Å². The van der Waals surface area contributed by atoms with Gasteiger partial charge in [-0.05, 0) is 13.3 Å². The SMILES string of the molecule is CCCCOC(=O)/C(C(C)=O)=C(\N)C(Cl)(Cl)Cl. The Bertz CT molecular complexity index is 334. The Morgan fingerprint density at radius 3 is 2.18 bits per heavy atom. The summed E-state index contributed by atoms with van der Waals surface area (Å²) in [5.74, 6) is -1.47. The number of rotatable bonds is 5. The molecule has 0 atom stereocenters. The predicted molar refractivity (Wildman–Crippen MR) is 68.1 cm³/mol. The Morgan fingerprint density at radius 1 is 1.29 bits per heavy atom. The number of ether oxygens (including phenoxy) is 1. The zero-order chi connectivity index (χ0) is 13.6. The van der Waals surface area contributed by atoms with E-state index in [9.17, 15) is 9.59 Å². The van der Waals surface area contributed by atoms with E-state index in [4.69, 9.17) is 45.3 Å². The van der Waals surface area contributed by atoms with Crippen molar-refractivity contribution in [3.63, 3.8) is 0 Å². The summed E-state index contributed by atoms with van der Waals surface area (Å²) >= 11 is 16.5. The third kappa shape index (κ3) is 5.61. The first-order valence-electron chi connectivity index (χ1n) is 4.96. The van der Waals surface area contributed by atoms with Crippen LogP contribution >= 0.6 is 34.8 Å². The first-order valence-corrected chi connectivity index (χ1v) is 6.10. The number of ketones is 1. The first-order chi connectivity index (χ1) is 7.71. The molecule has 0 aromatic rings.